The quantitative estimate of drug-likeness (QED) is 0.0683. The van der Waals surface area contributed by atoms with Crippen molar-refractivity contribution in [3.63, 3.8) is 0 Å². The van der Waals surface area contributed by atoms with Crippen LogP contribution in [-0.4, -0.2) is 45.3 Å². The summed E-state index contributed by atoms with van der Waals surface area (Å²) in [5.74, 6) is -1.57. The molecular formula is C36H42O8. The van der Waals surface area contributed by atoms with Crippen LogP contribution in [0.4, 0.5) is 0 Å². The smallest absolute Gasteiger partial charge is 0.343 e. The summed E-state index contributed by atoms with van der Waals surface area (Å²) in [6, 6.07) is 19.2. The number of aryl methyl sites for hydroxylation is 1. The monoisotopic (exact) mass is 602 g/mol. The summed E-state index contributed by atoms with van der Waals surface area (Å²) in [6.45, 7) is 7.87. The van der Waals surface area contributed by atoms with E-state index in [-0.39, 0.29) is 30.3 Å². The second kappa shape index (κ2) is 17.8. The Morgan fingerprint density at radius 3 is 2.09 bits per heavy atom. The number of hydrogen-bond acceptors (Lipinski definition) is 8. The van der Waals surface area contributed by atoms with Gasteiger partial charge in [0, 0.05) is 14.2 Å². The molecule has 0 fully saturated rings. The molecule has 8 nitrogen and oxygen atoms in total. The zero-order valence-electron chi connectivity index (χ0n) is 26.1. The van der Waals surface area contributed by atoms with Crippen molar-refractivity contribution in [2.75, 3.05) is 27.4 Å². The first-order valence-electron chi connectivity index (χ1n) is 14.9. The van der Waals surface area contributed by atoms with E-state index >= 15 is 0 Å². The van der Waals surface area contributed by atoms with E-state index in [9.17, 15) is 14.4 Å². The molecule has 1 atom stereocenters. The highest BCUT2D eigenvalue weighted by molar-refractivity contribution is 5.93. The molecule has 0 N–H and O–H groups in total. The van der Waals surface area contributed by atoms with E-state index in [1.165, 1.54) is 39.9 Å². The van der Waals surface area contributed by atoms with E-state index in [2.05, 4.69) is 13.5 Å². The van der Waals surface area contributed by atoms with Crippen molar-refractivity contribution in [1.82, 2.24) is 0 Å². The van der Waals surface area contributed by atoms with Gasteiger partial charge < -0.3 is 23.7 Å². The maximum Gasteiger partial charge on any atom is 0.343 e. The summed E-state index contributed by atoms with van der Waals surface area (Å²) >= 11 is 0. The maximum absolute atomic E-state index is 13.2. The Labute approximate surface area is 259 Å². The van der Waals surface area contributed by atoms with E-state index in [1.807, 2.05) is 12.1 Å². The Morgan fingerprint density at radius 2 is 1.43 bits per heavy atom. The number of methoxy groups -OCH3 is 2. The molecule has 0 aromatic heterocycles. The number of unbranched alkanes of at least 4 members (excludes halogenated alkanes) is 4. The summed E-state index contributed by atoms with van der Waals surface area (Å²) in [5.41, 5.74) is 3.10. The van der Waals surface area contributed by atoms with E-state index in [1.54, 1.807) is 61.5 Å². The molecule has 0 amide bonds. The number of carbonyl (C=O) groups is 3. The molecule has 3 aromatic carbocycles. The Morgan fingerprint density at radius 1 is 0.750 bits per heavy atom. The molecule has 0 aliphatic heterocycles. The topological polar surface area (TPSA) is 97.4 Å². The van der Waals surface area contributed by atoms with Crippen LogP contribution < -0.4 is 14.2 Å². The van der Waals surface area contributed by atoms with Crippen molar-refractivity contribution < 1.29 is 38.1 Å². The molecule has 234 valence electrons. The summed E-state index contributed by atoms with van der Waals surface area (Å²) in [7, 11) is 2.98. The number of hydrogen-bond donors (Lipinski definition) is 0. The van der Waals surface area contributed by atoms with Crippen LogP contribution in [0.3, 0.4) is 0 Å². The third kappa shape index (κ3) is 10.5. The molecule has 44 heavy (non-hydrogen) atoms. The lowest BCUT2D eigenvalue weighted by atomic mass is 10.0. The number of benzene rings is 3. The Balaban J connectivity index is 1.79. The third-order valence-electron chi connectivity index (χ3n) is 6.94. The predicted molar refractivity (Wildman–Crippen MR) is 169 cm³/mol. The first-order chi connectivity index (χ1) is 21.2. The molecule has 8 heteroatoms. The van der Waals surface area contributed by atoms with E-state index in [4.69, 9.17) is 23.7 Å². The molecule has 0 aliphatic rings. The highest BCUT2D eigenvalue weighted by Gasteiger charge is 2.19. The molecule has 0 spiro atoms. The Bertz CT molecular complexity index is 1390. The Kier molecular flexibility index (Phi) is 13.8. The second-order valence-electron chi connectivity index (χ2n) is 10.6. The van der Waals surface area contributed by atoms with Crippen LogP contribution >= 0.6 is 0 Å². The fourth-order valence-electron chi connectivity index (χ4n) is 4.41. The van der Waals surface area contributed by atoms with Gasteiger partial charge in [-0.05, 0) is 72.9 Å². The number of esters is 3. The van der Waals surface area contributed by atoms with Crippen molar-refractivity contribution >= 4 is 17.9 Å². The molecule has 0 heterocycles. The van der Waals surface area contributed by atoms with Crippen molar-refractivity contribution in [1.29, 1.82) is 0 Å². The lowest BCUT2D eigenvalue weighted by Gasteiger charge is -2.14. The van der Waals surface area contributed by atoms with Gasteiger partial charge in [0.25, 0.3) is 0 Å². The van der Waals surface area contributed by atoms with Crippen LogP contribution in [0, 0.1) is 5.92 Å². The minimum absolute atomic E-state index is 0.00183. The molecule has 0 aliphatic carbocycles. The van der Waals surface area contributed by atoms with E-state index < -0.39 is 23.8 Å². The number of rotatable bonds is 17. The van der Waals surface area contributed by atoms with Crippen LogP contribution in [0.25, 0.3) is 11.1 Å². The third-order valence-corrected chi connectivity index (χ3v) is 6.94. The molecule has 0 radical (unpaired) electrons. The fraction of sp³-hybridized carbons (Fsp3) is 0.361. The van der Waals surface area contributed by atoms with E-state index in [0.29, 0.717) is 16.9 Å². The summed E-state index contributed by atoms with van der Waals surface area (Å²) in [6.07, 6.45) is 6.94. The first kappa shape index (κ1) is 34.2. The largest absolute Gasteiger partial charge is 0.426 e. The lowest BCUT2D eigenvalue weighted by Crippen LogP contribution is -2.21. The van der Waals surface area contributed by atoms with Gasteiger partial charge in [-0.2, -0.15) is 0 Å². The SMILES string of the molecule is C=C(COC)C(=O)Oc1ccc(-c2ccc(OC(=O)[C@@H](C)COC)cc2)cc1OC(=O)c1ccc(CCCCCCC)cc1. The van der Waals surface area contributed by atoms with Gasteiger partial charge in [0.15, 0.2) is 11.5 Å². The highest BCUT2D eigenvalue weighted by atomic mass is 16.6. The van der Waals surface area contributed by atoms with Crippen molar-refractivity contribution in [2.45, 2.75) is 52.4 Å². The lowest BCUT2D eigenvalue weighted by molar-refractivity contribution is -0.140. The predicted octanol–water partition coefficient (Wildman–Crippen LogP) is 7.38. The molecule has 0 bridgehead atoms. The fourth-order valence-corrected chi connectivity index (χ4v) is 4.41. The molecule has 3 aromatic rings. The van der Waals surface area contributed by atoms with Gasteiger partial charge in [0.2, 0.25) is 0 Å². The van der Waals surface area contributed by atoms with Crippen LogP contribution in [0.1, 0.15) is 61.9 Å². The number of ether oxygens (including phenoxy) is 5. The van der Waals surface area contributed by atoms with Crippen LogP contribution in [0.15, 0.2) is 78.9 Å². The summed E-state index contributed by atoms with van der Waals surface area (Å²) in [4.78, 5) is 38.0. The average Bonchev–Trinajstić information content (AvgIpc) is 3.02. The van der Waals surface area contributed by atoms with Crippen LogP contribution in [-0.2, 0) is 25.5 Å². The van der Waals surface area contributed by atoms with E-state index in [0.717, 1.165) is 24.0 Å². The first-order valence-corrected chi connectivity index (χ1v) is 14.9. The zero-order valence-corrected chi connectivity index (χ0v) is 26.1. The minimum atomic E-state index is -0.700. The highest BCUT2D eigenvalue weighted by Crippen LogP contribution is 2.34. The summed E-state index contributed by atoms with van der Waals surface area (Å²) in [5, 5.41) is 0. The Hall–Kier alpha value is -4.27. The van der Waals surface area contributed by atoms with Crippen molar-refractivity contribution in [3.05, 3.63) is 90.0 Å². The summed E-state index contributed by atoms with van der Waals surface area (Å²) < 4.78 is 26.7. The zero-order chi connectivity index (χ0) is 31.9. The molecule has 0 saturated carbocycles. The van der Waals surface area contributed by atoms with Gasteiger partial charge in [-0.3, -0.25) is 4.79 Å². The van der Waals surface area contributed by atoms with Crippen LogP contribution in [0.2, 0.25) is 0 Å². The van der Waals surface area contributed by atoms with Crippen molar-refractivity contribution in [2.24, 2.45) is 5.92 Å². The normalized spacial score (nSPS) is 11.5. The average molecular weight is 603 g/mol. The molecular weight excluding hydrogens is 560 g/mol. The van der Waals surface area contributed by atoms with Crippen LogP contribution in [0.5, 0.6) is 17.2 Å². The minimum Gasteiger partial charge on any atom is -0.426 e. The van der Waals surface area contributed by atoms with Gasteiger partial charge in [0.05, 0.1) is 30.3 Å². The van der Waals surface area contributed by atoms with Gasteiger partial charge in [-0.15, -0.1) is 0 Å². The van der Waals surface area contributed by atoms with Gasteiger partial charge >= 0.3 is 17.9 Å². The van der Waals surface area contributed by atoms with Gasteiger partial charge in [0.1, 0.15) is 5.75 Å². The standard InChI is InChI=1S/C36H42O8/c1-6-7-8-9-10-11-27-12-14-29(15-13-27)36(39)44-33-22-30(18-21-32(33)43-35(38)26(3)24-41-5)28-16-19-31(20-17-28)42-34(37)25(2)23-40-4/h12-22,25H,3,6-11,23-24H2,1-2,4-5H3/t25-/m0/s1. The molecule has 0 saturated heterocycles. The van der Waals surface area contributed by atoms with Gasteiger partial charge in [-0.25, -0.2) is 9.59 Å². The molecule has 0 unspecified atom stereocenters. The second-order valence-corrected chi connectivity index (χ2v) is 10.6. The number of carbonyl (C=O) groups excluding carboxylic acids is 3. The molecule has 3 rings (SSSR count). The maximum atomic E-state index is 13.2. The van der Waals surface area contributed by atoms with Gasteiger partial charge in [-0.1, -0.05) is 69.5 Å². The van der Waals surface area contributed by atoms with Crippen molar-refractivity contribution in [3.8, 4) is 28.4 Å².